The molecule has 3 aromatic heterocycles. The van der Waals surface area contributed by atoms with Crippen molar-refractivity contribution in [1.82, 2.24) is 24.7 Å². The van der Waals surface area contributed by atoms with Crippen LogP contribution >= 0.6 is 11.3 Å². The molecule has 0 N–H and O–H groups in total. The minimum absolute atomic E-state index is 0.0834. The largest absolute Gasteiger partial charge is 0.380 e. The number of fused-ring (bicyclic) bond motifs is 1. The van der Waals surface area contributed by atoms with Crippen LogP contribution < -0.4 is 9.80 Å². The maximum Gasteiger partial charge on any atom is 0.228 e. The first-order chi connectivity index (χ1) is 18.9. The summed E-state index contributed by atoms with van der Waals surface area (Å²) in [4.78, 5) is 18.8. The minimum atomic E-state index is -0.669. The molecule has 1 aliphatic carbocycles. The van der Waals surface area contributed by atoms with Gasteiger partial charge in [-0.3, -0.25) is 4.68 Å². The van der Waals surface area contributed by atoms with Crippen molar-refractivity contribution in [2.45, 2.75) is 50.5 Å². The van der Waals surface area contributed by atoms with Crippen LogP contribution in [0.4, 0.5) is 19.9 Å². The zero-order valence-electron chi connectivity index (χ0n) is 21.8. The van der Waals surface area contributed by atoms with Gasteiger partial charge < -0.3 is 19.3 Å². The van der Waals surface area contributed by atoms with Crippen LogP contribution in [0, 0.1) is 11.6 Å². The SMILES string of the molecule is CO[C@@H]1CCN(c2nc3nc(N4C[C@H](C)O[C@@H](c5cnn(C6CC6)c5)C4)nc(-c4ccc(F)cc4F)c3s2)C1. The fraction of sp³-hybridized carbons (Fsp3) is 0.481. The molecular formula is C27H29F2N7O2S. The lowest BCUT2D eigenvalue weighted by Crippen LogP contribution is -2.43. The Kier molecular flexibility index (Phi) is 6.20. The minimum Gasteiger partial charge on any atom is -0.380 e. The topological polar surface area (TPSA) is 81.4 Å². The Balaban J connectivity index is 1.28. The van der Waals surface area contributed by atoms with Gasteiger partial charge in [0.15, 0.2) is 10.8 Å². The number of methoxy groups -OCH3 is 1. The Morgan fingerprint density at radius 1 is 1.05 bits per heavy atom. The first kappa shape index (κ1) is 24.8. The van der Waals surface area contributed by atoms with Gasteiger partial charge in [-0.15, -0.1) is 0 Å². The van der Waals surface area contributed by atoms with Gasteiger partial charge in [-0.2, -0.15) is 15.1 Å². The average molecular weight is 554 g/mol. The van der Waals surface area contributed by atoms with E-state index in [1.165, 1.54) is 23.5 Å². The molecule has 0 spiro atoms. The van der Waals surface area contributed by atoms with Crippen LogP contribution in [0.15, 0.2) is 30.6 Å². The van der Waals surface area contributed by atoms with E-state index < -0.39 is 11.6 Å². The van der Waals surface area contributed by atoms with Crippen molar-refractivity contribution in [2.24, 2.45) is 0 Å². The third-order valence-corrected chi connectivity index (χ3v) is 8.74. The lowest BCUT2D eigenvalue weighted by Gasteiger charge is -2.36. The van der Waals surface area contributed by atoms with Gasteiger partial charge in [-0.05, 0) is 38.3 Å². The number of hydrogen-bond acceptors (Lipinski definition) is 9. The lowest BCUT2D eigenvalue weighted by atomic mass is 10.1. The van der Waals surface area contributed by atoms with Crippen LogP contribution in [-0.2, 0) is 9.47 Å². The summed E-state index contributed by atoms with van der Waals surface area (Å²) in [6, 6.07) is 4.06. The highest BCUT2D eigenvalue weighted by Crippen LogP contribution is 2.39. The van der Waals surface area contributed by atoms with Crippen LogP contribution in [0.25, 0.3) is 21.6 Å². The van der Waals surface area contributed by atoms with E-state index in [1.54, 1.807) is 7.11 Å². The van der Waals surface area contributed by atoms with Crippen molar-refractivity contribution in [3.8, 4) is 11.3 Å². The average Bonchev–Trinajstić information content (AvgIpc) is 3.31. The summed E-state index contributed by atoms with van der Waals surface area (Å²) in [5, 5.41) is 5.32. The Morgan fingerprint density at radius 3 is 2.69 bits per heavy atom. The van der Waals surface area contributed by atoms with E-state index in [0.717, 1.165) is 49.1 Å². The van der Waals surface area contributed by atoms with Gasteiger partial charge in [0.25, 0.3) is 0 Å². The predicted octanol–water partition coefficient (Wildman–Crippen LogP) is 4.75. The molecule has 2 saturated heterocycles. The van der Waals surface area contributed by atoms with Crippen molar-refractivity contribution in [1.29, 1.82) is 0 Å². The molecule has 3 atom stereocenters. The van der Waals surface area contributed by atoms with Gasteiger partial charge in [0, 0.05) is 50.1 Å². The number of aromatic nitrogens is 5. The normalized spacial score (nSPS) is 23.7. The fourth-order valence-electron chi connectivity index (χ4n) is 5.39. The summed E-state index contributed by atoms with van der Waals surface area (Å²) in [6.07, 6.45) is 7.02. The number of ether oxygens (including phenoxy) is 2. The third-order valence-electron chi connectivity index (χ3n) is 7.62. The molecule has 5 heterocycles. The summed E-state index contributed by atoms with van der Waals surface area (Å²) in [6.45, 7) is 4.66. The monoisotopic (exact) mass is 553 g/mol. The molecule has 12 heteroatoms. The smallest absolute Gasteiger partial charge is 0.228 e. The van der Waals surface area contributed by atoms with Crippen LogP contribution in [-0.4, -0.2) is 70.2 Å². The molecule has 3 aliphatic rings. The van der Waals surface area contributed by atoms with E-state index in [2.05, 4.69) is 21.1 Å². The van der Waals surface area contributed by atoms with Gasteiger partial charge in [-0.25, -0.2) is 13.8 Å². The van der Waals surface area contributed by atoms with Gasteiger partial charge in [0.1, 0.15) is 22.4 Å². The molecule has 204 valence electrons. The second kappa shape index (κ2) is 9.76. The Bertz CT molecular complexity index is 1520. The Morgan fingerprint density at radius 2 is 1.92 bits per heavy atom. The van der Waals surface area contributed by atoms with Gasteiger partial charge in [0.2, 0.25) is 5.95 Å². The third kappa shape index (κ3) is 4.74. The van der Waals surface area contributed by atoms with Crippen LogP contribution in [0.2, 0.25) is 0 Å². The Hall–Kier alpha value is -3.22. The second-order valence-electron chi connectivity index (χ2n) is 10.6. The molecule has 7 rings (SSSR count). The Labute approximate surface area is 228 Å². The fourth-order valence-corrected chi connectivity index (χ4v) is 6.44. The van der Waals surface area contributed by atoms with Crippen LogP contribution in [0.5, 0.6) is 0 Å². The number of nitrogens with zero attached hydrogens (tertiary/aromatic N) is 7. The number of thiazole rings is 1. The maximum absolute atomic E-state index is 15.1. The molecule has 0 radical (unpaired) electrons. The van der Waals surface area contributed by atoms with Crippen LogP contribution in [0.1, 0.15) is 43.9 Å². The van der Waals surface area contributed by atoms with E-state index in [1.807, 2.05) is 17.8 Å². The quantitative estimate of drug-likeness (QED) is 0.338. The predicted molar refractivity (Wildman–Crippen MR) is 144 cm³/mol. The van der Waals surface area contributed by atoms with Gasteiger partial charge in [-0.1, -0.05) is 11.3 Å². The zero-order valence-corrected chi connectivity index (χ0v) is 22.6. The highest BCUT2D eigenvalue weighted by molar-refractivity contribution is 7.22. The van der Waals surface area contributed by atoms with E-state index in [-0.39, 0.29) is 23.9 Å². The zero-order chi connectivity index (χ0) is 26.7. The molecule has 2 aliphatic heterocycles. The first-order valence-electron chi connectivity index (χ1n) is 13.3. The summed E-state index contributed by atoms with van der Waals surface area (Å²) < 4.78 is 43.4. The van der Waals surface area contributed by atoms with E-state index in [4.69, 9.17) is 24.4 Å². The van der Waals surface area contributed by atoms with Crippen molar-refractivity contribution < 1.29 is 18.3 Å². The molecule has 3 fully saturated rings. The second-order valence-corrected chi connectivity index (χ2v) is 11.5. The van der Waals surface area contributed by atoms with E-state index in [0.29, 0.717) is 41.1 Å². The summed E-state index contributed by atoms with van der Waals surface area (Å²) >= 11 is 1.43. The lowest BCUT2D eigenvalue weighted by molar-refractivity contribution is -0.0178. The van der Waals surface area contributed by atoms with E-state index in [9.17, 15) is 4.39 Å². The molecule has 9 nitrogen and oxygen atoms in total. The summed E-state index contributed by atoms with van der Waals surface area (Å²) in [5.74, 6) is -0.854. The standard InChI is InChI=1S/C27H29F2N7O2S/c1-15-11-35(14-22(38-15)16-10-30-36(12-16)18-4-5-18)26-31-23(20-6-3-17(28)9-21(20)29)24-25(32-26)33-27(39-24)34-8-7-19(13-34)37-2/h3,6,9-10,12,15,18-19,22H,4-5,7-8,11,13-14H2,1-2H3/t15-,19+,22+/m0/s1. The molecule has 0 unspecified atom stereocenters. The molecule has 39 heavy (non-hydrogen) atoms. The molecule has 1 aromatic carbocycles. The van der Waals surface area contributed by atoms with Crippen molar-refractivity contribution in [3.05, 3.63) is 47.8 Å². The van der Waals surface area contributed by atoms with Gasteiger partial charge in [0.05, 0.1) is 36.7 Å². The summed E-state index contributed by atoms with van der Waals surface area (Å²) in [7, 11) is 1.72. The number of benzene rings is 1. The maximum atomic E-state index is 15.1. The highest BCUT2D eigenvalue weighted by Gasteiger charge is 2.32. The molecule has 0 amide bonds. The summed E-state index contributed by atoms with van der Waals surface area (Å²) in [5.41, 5.74) is 2.15. The number of anilines is 2. The van der Waals surface area contributed by atoms with Crippen molar-refractivity contribution >= 4 is 32.8 Å². The number of halogens is 2. The molecule has 1 saturated carbocycles. The molecule has 0 bridgehead atoms. The van der Waals surface area contributed by atoms with Crippen LogP contribution in [0.3, 0.4) is 0 Å². The van der Waals surface area contributed by atoms with Crippen molar-refractivity contribution in [2.75, 3.05) is 43.1 Å². The van der Waals surface area contributed by atoms with E-state index >= 15 is 4.39 Å². The van der Waals surface area contributed by atoms with Crippen molar-refractivity contribution in [3.63, 3.8) is 0 Å². The first-order valence-corrected chi connectivity index (χ1v) is 14.1. The molecule has 4 aromatic rings. The number of rotatable bonds is 6. The number of hydrogen-bond donors (Lipinski definition) is 0. The number of morpholine rings is 1. The molecular weight excluding hydrogens is 524 g/mol. The van der Waals surface area contributed by atoms with Gasteiger partial charge >= 0.3 is 0 Å². The highest BCUT2D eigenvalue weighted by atomic mass is 32.1.